The van der Waals surface area contributed by atoms with Crippen LogP contribution in [0.5, 0.6) is 0 Å². The summed E-state index contributed by atoms with van der Waals surface area (Å²) in [7, 11) is 1.43. The van der Waals surface area contributed by atoms with Gasteiger partial charge in [0.1, 0.15) is 5.76 Å². The number of carbonyl (C=O) groups excluding carboxylic acids is 3. The van der Waals surface area contributed by atoms with Crippen molar-refractivity contribution in [3.8, 4) is 11.3 Å². The molecule has 0 saturated heterocycles. The molecule has 1 aliphatic rings. The largest absolute Gasteiger partial charge is 0.451 e. The molecule has 4 rings (SSSR count). The Kier molecular flexibility index (Phi) is 4.11. The highest BCUT2D eigenvalue weighted by Gasteiger charge is 2.32. The van der Waals surface area contributed by atoms with Gasteiger partial charge in [-0.2, -0.15) is 0 Å². The third-order valence-electron chi connectivity index (χ3n) is 4.97. The molecule has 6 heteroatoms. The van der Waals surface area contributed by atoms with E-state index < -0.39 is 5.91 Å². The zero-order valence-corrected chi connectivity index (χ0v) is 15.7. The van der Waals surface area contributed by atoms with Crippen molar-refractivity contribution in [2.45, 2.75) is 13.8 Å². The second kappa shape index (κ2) is 6.49. The Bertz CT molecular complexity index is 1140. The van der Waals surface area contributed by atoms with E-state index in [1.165, 1.54) is 24.7 Å². The van der Waals surface area contributed by atoms with Crippen molar-refractivity contribution in [1.29, 1.82) is 0 Å². The fraction of sp³-hybridized carbons (Fsp3) is 0.136. The minimum atomic E-state index is -0.430. The zero-order valence-electron chi connectivity index (χ0n) is 15.7. The summed E-state index contributed by atoms with van der Waals surface area (Å²) >= 11 is 0. The smallest absolute Gasteiger partial charge is 0.291 e. The summed E-state index contributed by atoms with van der Waals surface area (Å²) in [5.74, 6) is -0.397. The molecule has 2 aromatic carbocycles. The van der Waals surface area contributed by atoms with E-state index >= 15 is 0 Å². The maximum atomic E-state index is 12.5. The Morgan fingerprint density at radius 2 is 1.64 bits per heavy atom. The molecule has 1 N–H and O–H groups in total. The number of nitrogens with one attached hydrogen (secondary N) is 1. The average molecular weight is 374 g/mol. The van der Waals surface area contributed by atoms with Crippen LogP contribution in [0, 0.1) is 13.8 Å². The molecule has 6 nitrogen and oxygen atoms in total. The van der Waals surface area contributed by atoms with Gasteiger partial charge in [-0.3, -0.25) is 19.3 Å². The maximum absolute atomic E-state index is 12.5. The third-order valence-corrected chi connectivity index (χ3v) is 4.97. The molecule has 0 fully saturated rings. The van der Waals surface area contributed by atoms with Gasteiger partial charge in [0.15, 0.2) is 5.76 Å². The van der Waals surface area contributed by atoms with E-state index in [0.29, 0.717) is 17.0 Å². The first kappa shape index (κ1) is 17.7. The molecule has 0 aliphatic carbocycles. The van der Waals surface area contributed by atoms with Gasteiger partial charge >= 0.3 is 0 Å². The lowest BCUT2D eigenvalue weighted by Crippen LogP contribution is -2.24. The van der Waals surface area contributed by atoms with Crippen LogP contribution >= 0.6 is 0 Å². The first-order valence-corrected chi connectivity index (χ1v) is 8.80. The molecule has 0 saturated carbocycles. The molecule has 0 atom stereocenters. The van der Waals surface area contributed by atoms with Crippen molar-refractivity contribution >= 4 is 23.4 Å². The minimum Gasteiger partial charge on any atom is -0.451 e. The molecule has 3 amide bonds. The predicted octanol–water partition coefficient (Wildman–Crippen LogP) is 4.04. The highest BCUT2D eigenvalue weighted by Crippen LogP contribution is 2.27. The fourth-order valence-corrected chi connectivity index (χ4v) is 3.14. The molecule has 0 bridgehead atoms. The van der Waals surface area contributed by atoms with Crippen LogP contribution in [0.15, 0.2) is 52.9 Å². The summed E-state index contributed by atoms with van der Waals surface area (Å²) in [5.41, 5.74) is 4.25. The van der Waals surface area contributed by atoms with Gasteiger partial charge in [0.2, 0.25) is 0 Å². The maximum Gasteiger partial charge on any atom is 0.291 e. The van der Waals surface area contributed by atoms with Crippen molar-refractivity contribution in [2.75, 3.05) is 12.4 Å². The number of aryl methyl sites for hydroxylation is 2. The fourth-order valence-electron chi connectivity index (χ4n) is 3.14. The van der Waals surface area contributed by atoms with Crippen LogP contribution in [0.4, 0.5) is 5.69 Å². The molecule has 2 heterocycles. The van der Waals surface area contributed by atoms with Gasteiger partial charge in [0, 0.05) is 18.3 Å². The number of carbonyl (C=O) groups is 3. The normalized spacial score (nSPS) is 13.0. The molecule has 0 unspecified atom stereocenters. The number of nitrogens with zero attached hydrogens (tertiary/aromatic N) is 1. The molecule has 28 heavy (non-hydrogen) atoms. The summed E-state index contributed by atoms with van der Waals surface area (Å²) in [5, 5.41) is 2.71. The van der Waals surface area contributed by atoms with Crippen molar-refractivity contribution in [3.63, 3.8) is 0 Å². The van der Waals surface area contributed by atoms with Crippen molar-refractivity contribution in [1.82, 2.24) is 4.90 Å². The van der Waals surface area contributed by atoms with Crippen LogP contribution in [0.25, 0.3) is 11.3 Å². The molecular weight excluding hydrogens is 356 g/mol. The van der Waals surface area contributed by atoms with E-state index in [1.807, 2.05) is 32.0 Å². The van der Waals surface area contributed by atoms with Gasteiger partial charge in [0.05, 0.1) is 11.1 Å². The Hall–Kier alpha value is -3.67. The lowest BCUT2D eigenvalue weighted by Gasteiger charge is -2.05. The Balaban J connectivity index is 1.55. The van der Waals surface area contributed by atoms with Crippen LogP contribution in [0.2, 0.25) is 0 Å². The molecule has 140 valence electrons. The third kappa shape index (κ3) is 2.89. The van der Waals surface area contributed by atoms with Gasteiger partial charge in [-0.05, 0) is 61.4 Å². The van der Waals surface area contributed by atoms with Crippen LogP contribution in [-0.2, 0) is 0 Å². The van der Waals surface area contributed by atoms with Crippen molar-refractivity contribution < 1.29 is 18.8 Å². The van der Waals surface area contributed by atoms with Gasteiger partial charge in [-0.25, -0.2) is 0 Å². The number of fused-ring (bicyclic) bond motifs is 1. The summed E-state index contributed by atoms with van der Waals surface area (Å²) < 4.78 is 5.71. The molecule has 1 aliphatic heterocycles. The van der Waals surface area contributed by atoms with E-state index in [4.69, 9.17) is 4.42 Å². The number of hydrogen-bond donors (Lipinski definition) is 1. The number of anilines is 1. The van der Waals surface area contributed by atoms with Crippen LogP contribution in [-0.4, -0.2) is 29.7 Å². The second-order valence-electron chi connectivity index (χ2n) is 6.85. The van der Waals surface area contributed by atoms with Crippen LogP contribution in [0.3, 0.4) is 0 Å². The standard InChI is InChI=1S/C22H18N2O4/c1-12-4-5-14(10-13(12)2)18-8-9-19(28-18)20(25)23-15-6-7-16-17(11-15)22(27)24(3)21(16)26/h4-11H,1-3H3,(H,23,25). The van der Waals surface area contributed by atoms with E-state index in [1.54, 1.807) is 18.2 Å². The van der Waals surface area contributed by atoms with Gasteiger partial charge in [0.25, 0.3) is 17.7 Å². The molecular formula is C22H18N2O4. The Morgan fingerprint density at radius 3 is 2.39 bits per heavy atom. The number of hydrogen-bond acceptors (Lipinski definition) is 4. The highest BCUT2D eigenvalue weighted by atomic mass is 16.3. The van der Waals surface area contributed by atoms with Crippen molar-refractivity contribution in [2.24, 2.45) is 0 Å². The van der Waals surface area contributed by atoms with Gasteiger partial charge < -0.3 is 9.73 Å². The highest BCUT2D eigenvalue weighted by molar-refractivity contribution is 6.21. The first-order valence-electron chi connectivity index (χ1n) is 8.80. The average Bonchev–Trinajstić information content (AvgIpc) is 3.25. The Labute approximate surface area is 161 Å². The van der Waals surface area contributed by atoms with Gasteiger partial charge in [-0.15, -0.1) is 0 Å². The SMILES string of the molecule is Cc1ccc(-c2ccc(C(=O)Nc3ccc4c(c3)C(=O)N(C)C4=O)o2)cc1C. The summed E-state index contributed by atoms with van der Waals surface area (Å²) in [4.78, 5) is 37.6. The molecule has 0 spiro atoms. The lowest BCUT2D eigenvalue weighted by molar-refractivity contribution is 0.0692. The summed E-state index contributed by atoms with van der Waals surface area (Å²) in [6, 6.07) is 14.0. The lowest BCUT2D eigenvalue weighted by atomic mass is 10.1. The van der Waals surface area contributed by atoms with Gasteiger partial charge in [-0.1, -0.05) is 12.1 Å². The number of furan rings is 1. The summed E-state index contributed by atoms with van der Waals surface area (Å²) in [6.45, 7) is 4.06. The predicted molar refractivity (Wildman–Crippen MR) is 104 cm³/mol. The number of amides is 3. The van der Waals surface area contributed by atoms with E-state index in [2.05, 4.69) is 5.32 Å². The molecule has 0 radical (unpaired) electrons. The second-order valence-corrected chi connectivity index (χ2v) is 6.85. The van der Waals surface area contributed by atoms with Crippen LogP contribution in [0.1, 0.15) is 42.4 Å². The Morgan fingerprint density at radius 1 is 0.893 bits per heavy atom. The minimum absolute atomic E-state index is 0.160. The van der Waals surface area contributed by atoms with E-state index in [-0.39, 0.29) is 23.1 Å². The number of imide groups is 1. The van der Waals surface area contributed by atoms with Crippen LogP contribution < -0.4 is 5.32 Å². The quantitative estimate of drug-likeness (QED) is 0.702. The van der Waals surface area contributed by atoms with E-state index in [0.717, 1.165) is 16.0 Å². The summed E-state index contributed by atoms with van der Waals surface area (Å²) in [6.07, 6.45) is 0. The monoisotopic (exact) mass is 374 g/mol. The molecule has 3 aromatic rings. The van der Waals surface area contributed by atoms with E-state index in [9.17, 15) is 14.4 Å². The first-order chi connectivity index (χ1) is 13.3. The number of rotatable bonds is 3. The topological polar surface area (TPSA) is 79.6 Å². The number of benzene rings is 2. The zero-order chi connectivity index (χ0) is 20.0. The molecule has 1 aromatic heterocycles. The van der Waals surface area contributed by atoms with Crippen molar-refractivity contribution in [3.05, 3.63) is 76.5 Å².